The van der Waals surface area contributed by atoms with E-state index < -0.39 is 12.1 Å². The predicted octanol–water partition coefficient (Wildman–Crippen LogP) is 2.31. The van der Waals surface area contributed by atoms with Crippen LogP contribution >= 0.6 is 11.8 Å². The molecule has 1 rings (SSSR count). The Morgan fingerprint density at radius 1 is 1.50 bits per heavy atom. The highest BCUT2D eigenvalue weighted by Crippen LogP contribution is 2.28. The van der Waals surface area contributed by atoms with Crippen LogP contribution in [0.25, 0.3) is 0 Å². The number of methoxy groups -OCH3 is 1. The van der Waals surface area contributed by atoms with E-state index in [-0.39, 0.29) is 6.61 Å². The maximum absolute atomic E-state index is 11.4. The zero-order valence-corrected chi connectivity index (χ0v) is 12.6. The first-order valence-corrected chi connectivity index (χ1v) is 7.48. The van der Waals surface area contributed by atoms with Gasteiger partial charge in [-0.2, -0.15) is 0 Å². The summed E-state index contributed by atoms with van der Waals surface area (Å²) in [4.78, 5) is 12.1. The smallest absolute Gasteiger partial charge is 0.338 e. The molecule has 0 bridgehead atoms. The summed E-state index contributed by atoms with van der Waals surface area (Å²) in [6, 6.07) is 5.38. The molecule has 20 heavy (non-hydrogen) atoms. The van der Waals surface area contributed by atoms with Gasteiger partial charge in [-0.15, -0.1) is 11.8 Å². The molecule has 1 aromatic carbocycles. The fourth-order valence-electron chi connectivity index (χ4n) is 1.82. The normalized spacial score (nSPS) is 12.2. The molecule has 0 heterocycles. The molecule has 3 N–H and O–H groups in total. The minimum Gasteiger partial charge on any atom is -0.478 e. The molecule has 0 aliphatic heterocycles. The van der Waals surface area contributed by atoms with Crippen molar-refractivity contribution in [3.63, 3.8) is 0 Å². The van der Waals surface area contributed by atoms with Crippen LogP contribution in [0.15, 0.2) is 23.1 Å². The van der Waals surface area contributed by atoms with Crippen molar-refractivity contribution < 1.29 is 19.7 Å². The van der Waals surface area contributed by atoms with Crippen LogP contribution in [0.1, 0.15) is 23.7 Å². The number of aliphatic hydroxyl groups excluding tert-OH is 1. The molecular weight excluding hydrogens is 278 g/mol. The summed E-state index contributed by atoms with van der Waals surface area (Å²) in [5.41, 5.74) is 0.876. The number of carboxylic acids is 1. The van der Waals surface area contributed by atoms with Crippen molar-refractivity contribution in [3.8, 4) is 0 Å². The Morgan fingerprint density at radius 2 is 2.25 bits per heavy atom. The van der Waals surface area contributed by atoms with Crippen molar-refractivity contribution in [1.82, 2.24) is 0 Å². The topological polar surface area (TPSA) is 78.8 Å². The summed E-state index contributed by atoms with van der Waals surface area (Å²) in [5.74, 6) is -0.127. The molecule has 1 unspecified atom stereocenters. The van der Waals surface area contributed by atoms with Gasteiger partial charge in [0.25, 0.3) is 0 Å². The molecule has 0 aromatic heterocycles. The van der Waals surface area contributed by atoms with Crippen LogP contribution in [-0.2, 0) is 4.74 Å². The second kappa shape index (κ2) is 8.84. The Balaban J connectivity index is 2.74. The standard InChI is InChI=1S/C14H21NO4S/c1-3-20-12-6-4-5-11(13(12)14(17)18)15-8-7-10(16)9-19-2/h4-6,10,15-16H,3,7-9H2,1-2H3,(H,17,18). The van der Waals surface area contributed by atoms with Crippen molar-refractivity contribution >= 4 is 23.4 Å². The number of hydrogen-bond donors (Lipinski definition) is 3. The fraction of sp³-hybridized carbons (Fsp3) is 0.500. The molecule has 0 amide bonds. The molecule has 0 aliphatic carbocycles. The first-order chi connectivity index (χ1) is 9.60. The van der Waals surface area contributed by atoms with Gasteiger partial charge in [0.05, 0.1) is 18.3 Å². The highest BCUT2D eigenvalue weighted by Gasteiger charge is 2.15. The van der Waals surface area contributed by atoms with Gasteiger partial charge in [-0.05, 0) is 24.3 Å². The number of thioether (sulfide) groups is 1. The van der Waals surface area contributed by atoms with Gasteiger partial charge in [-0.1, -0.05) is 13.0 Å². The van der Waals surface area contributed by atoms with Crippen molar-refractivity contribution in [2.45, 2.75) is 24.3 Å². The van der Waals surface area contributed by atoms with Crippen LogP contribution in [0, 0.1) is 0 Å². The summed E-state index contributed by atoms with van der Waals surface area (Å²) in [6.07, 6.45) is -0.0492. The average molecular weight is 299 g/mol. The molecule has 0 aliphatic rings. The second-order valence-corrected chi connectivity index (χ2v) is 5.55. The van der Waals surface area contributed by atoms with Gasteiger partial charge >= 0.3 is 5.97 Å². The molecule has 0 saturated heterocycles. The van der Waals surface area contributed by atoms with Gasteiger partial charge in [-0.3, -0.25) is 0 Å². The number of ether oxygens (including phenoxy) is 1. The van der Waals surface area contributed by atoms with Crippen molar-refractivity contribution in [2.24, 2.45) is 0 Å². The number of rotatable bonds is 9. The fourth-order valence-corrected chi connectivity index (χ4v) is 2.65. The first kappa shape index (κ1) is 16.8. The van der Waals surface area contributed by atoms with Gasteiger partial charge in [0.2, 0.25) is 0 Å². The highest BCUT2D eigenvalue weighted by atomic mass is 32.2. The molecular formula is C14H21NO4S. The number of carbonyl (C=O) groups is 1. The number of benzene rings is 1. The van der Waals surface area contributed by atoms with Crippen molar-refractivity contribution in [1.29, 1.82) is 0 Å². The lowest BCUT2D eigenvalue weighted by atomic mass is 10.1. The lowest BCUT2D eigenvalue weighted by molar-refractivity contribution is 0.0615. The number of aliphatic hydroxyl groups is 1. The van der Waals surface area contributed by atoms with Crippen LogP contribution in [0.3, 0.4) is 0 Å². The quantitative estimate of drug-likeness (QED) is 0.607. The Bertz CT molecular complexity index is 439. The van der Waals surface area contributed by atoms with Crippen molar-refractivity contribution in [2.75, 3.05) is 31.3 Å². The zero-order valence-electron chi connectivity index (χ0n) is 11.8. The summed E-state index contributed by atoms with van der Waals surface area (Å²) in [7, 11) is 1.53. The van der Waals surface area contributed by atoms with Crippen LogP contribution in [0.4, 0.5) is 5.69 Å². The minimum atomic E-state index is -0.943. The lowest BCUT2D eigenvalue weighted by Gasteiger charge is -2.14. The predicted molar refractivity (Wildman–Crippen MR) is 80.8 cm³/mol. The van der Waals surface area contributed by atoms with E-state index in [1.165, 1.54) is 18.9 Å². The van der Waals surface area contributed by atoms with E-state index in [1.54, 1.807) is 6.07 Å². The number of aromatic carboxylic acids is 1. The molecule has 5 nitrogen and oxygen atoms in total. The van der Waals surface area contributed by atoms with Gasteiger partial charge in [0.1, 0.15) is 0 Å². The third kappa shape index (κ3) is 5.03. The number of nitrogens with one attached hydrogen (secondary N) is 1. The number of anilines is 1. The summed E-state index contributed by atoms with van der Waals surface area (Å²) < 4.78 is 4.84. The molecule has 0 saturated carbocycles. The SMILES string of the molecule is CCSc1cccc(NCCC(O)COC)c1C(=O)O. The lowest BCUT2D eigenvalue weighted by Crippen LogP contribution is -2.19. The largest absolute Gasteiger partial charge is 0.478 e. The molecule has 0 radical (unpaired) electrons. The zero-order chi connectivity index (χ0) is 15.0. The molecule has 0 spiro atoms. The first-order valence-electron chi connectivity index (χ1n) is 6.50. The number of carboxylic acid groups (broad SMARTS) is 1. The van der Waals surface area contributed by atoms with E-state index in [0.717, 1.165) is 10.6 Å². The summed E-state index contributed by atoms with van der Waals surface area (Å²) >= 11 is 1.50. The average Bonchev–Trinajstić information content (AvgIpc) is 2.39. The Hall–Kier alpha value is -1.24. The van der Waals surface area contributed by atoms with Crippen molar-refractivity contribution in [3.05, 3.63) is 23.8 Å². The molecule has 0 fully saturated rings. The van der Waals surface area contributed by atoms with Crippen LogP contribution in [0.5, 0.6) is 0 Å². The maximum atomic E-state index is 11.4. The number of hydrogen-bond acceptors (Lipinski definition) is 5. The molecule has 1 aromatic rings. The summed E-state index contributed by atoms with van der Waals surface area (Å²) in [6.45, 7) is 2.75. The Morgan fingerprint density at radius 3 is 2.85 bits per heavy atom. The van der Waals surface area contributed by atoms with E-state index in [4.69, 9.17) is 4.74 Å². The van der Waals surface area contributed by atoms with Crippen LogP contribution in [-0.4, -0.2) is 48.3 Å². The van der Waals surface area contributed by atoms with E-state index >= 15 is 0 Å². The second-order valence-electron chi connectivity index (χ2n) is 4.24. The third-order valence-corrected chi connectivity index (χ3v) is 3.63. The van der Waals surface area contributed by atoms with Crippen LogP contribution in [0.2, 0.25) is 0 Å². The Kier molecular flexibility index (Phi) is 7.43. The van der Waals surface area contributed by atoms with E-state index in [1.807, 2.05) is 19.1 Å². The van der Waals surface area contributed by atoms with E-state index in [9.17, 15) is 15.0 Å². The van der Waals surface area contributed by atoms with Gasteiger partial charge in [0, 0.05) is 24.2 Å². The monoisotopic (exact) mass is 299 g/mol. The van der Waals surface area contributed by atoms with Gasteiger partial charge in [0.15, 0.2) is 0 Å². The van der Waals surface area contributed by atoms with E-state index in [0.29, 0.717) is 24.2 Å². The highest BCUT2D eigenvalue weighted by molar-refractivity contribution is 7.99. The van der Waals surface area contributed by atoms with Gasteiger partial charge in [-0.25, -0.2) is 4.79 Å². The summed E-state index contributed by atoms with van der Waals surface area (Å²) in [5, 5.41) is 22.0. The molecule has 1 atom stereocenters. The third-order valence-electron chi connectivity index (χ3n) is 2.69. The van der Waals surface area contributed by atoms with E-state index in [2.05, 4.69) is 5.32 Å². The minimum absolute atomic E-state index is 0.277. The Labute approximate surface area is 123 Å². The van der Waals surface area contributed by atoms with Gasteiger partial charge < -0.3 is 20.3 Å². The van der Waals surface area contributed by atoms with Crippen LogP contribution < -0.4 is 5.32 Å². The maximum Gasteiger partial charge on any atom is 0.338 e. The molecule has 6 heteroatoms. The molecule has 112 valence electrons.